The van der Waals surface area contributed by atoms with Crippen molar-refractivity contribution >= 4 is 17.8 Å². The lowest BCUT2D eigenvalue weighted by molar-refractivity contribution is -0.137. The number of ether oxygens (including phenoxy) is 1. The summed E-state index contributed by atoms with van der Waals surface area (Å²) in [4.78, 5) is 33.8. The molecule has 0 heterocycles. The number of hydrogen-bond acceptors (Lipinski definition) is 4. The molecule has 0 unspecified atom stereocenters. The molecule has 1 rings (SSSR count). The van der Waals surface area contributed by atoms with Crippen LogP contribution in [-0.4, -0.2) is 42.1 Å². The molecule has 1 aromatic rings. The second kappa shape index (κ2) is 10.3. The maximum absolute atomic E-state index is 11.9. The maximum Gasteiger partial charge on any atom is 0.303 e. The monoisotopic (exact) mass is 336 g/mol. The van der Waals surface area contributed by atoms with Gasteiger partial charge in [0.05, 0.1) is 6.10 Å². The van der Waals surface area contributed by atoms with Crippen LogP contribution in [-0.2, 0) is 9.59 Å². The summed E-state index contributed by atoms with van der Waals surface area (Å²) >= 11 is 0. The van der Waals surface area contributed by atoms with E-state index in [1.54, 1.807) is 24.3 Å². The molecule has 2 amide bonds. The Morgan fingerprint density at radius 3 is 2.29 bits per heavy atom. The number of carbonyl (C=O) groups is 3. The molecule has 0 fully saturated rings. The number of hydrogen-bond donors (Lipinski definition) is 3. The van der Waals surface area contributed by atoms with Crippen molar-refractivity contribution < 1.29 is 24.2 Å². The van der Waals surface area contributed by atoms with Crippen LogP contribution in [0.5, 0.6) is 5.75 Å². The molecule has 132 valence electrons. The second-order valence-corrected chi connectivity index (χ2v) is 5.54. The van der Waals surface area contributed by atoms with Crippen molar-refractivity contribution in [3.63, 3.8) is 0 Å². The summed E-state index contributed by atoms with van der Waals surface area (Å²) in [5.41, 5.74) is 0.493. The molecule has 24 heavy (non-hydrogen) atoms. The largest absolute Gasteiger partial charge is 0.491 e. The van der Waals surface area contributed by atoms with Gasteiger partial charge in [0.2, 0.25) is 5.91 Å². The summed E-state index contributed by atoms with van der Waals surface area (Å²) < 4.78 is 5.50. The highest BCUT2D eigenvalue weighted by atomic mass is 16.5. The van der Waals surface area contributed by atoms with E-state index in [9.17, 15) is 14.4 Å². The van der Waals surface area contributed by atoms with Gasteiger partial charge in [-0.3, -0.25) is 14.4 Å². The average Bonchev–Trinajstić information content (AvgIpc) is 2.51. The summed E-state index contributed by atoms with van der Waals surface area (Å²) in [6.07, 6.45) is 0.623. The summed E-state index contributed by atoms with van der Waals surface area (Å²) in [5.74, 6) is -0.672. The van der Waals surface area contributed by atoms with E-state index >= 15 is 0 Å². The van der Waals surface area contributed by atoms with Gasteiger partial charge in [0.1, 0.15) is 5.75 Å². The van der Waals surface area contributed by atoms with Gasteiger partial charge >= 0.3 is 5.97 Å². The van der Waals surface area contributed by atoms with Crippen LogP contribution in [0.3, 0.4) is 0 Å². The van der Waals surface area contributed by atoms with Crippen LogP contribution in [0, 0.1) is 0 Å². The van der Waals surface area contributed by atoms with Crippen molar-refractivity contribution in [2.24, 2.45) is 0 Å². The zero-order valence-corrected chi connectivity index (χ0v) is 14.0. The molecule has 0 saturated carbocycles. The van der Waals surface area contributed by atoms with E-state index in [1.807, 2.05) is 13.8 Å². The smallest absolute Gasteiger partial charge is 0.303 e. The lowest BCUT2D eigenvalue weighted by atomic mass is 10.2. The maximum atomic E-state index is 11.9. The number of amides is 2. The van der Waals surface area contributed by atoms with Crippen molar-refractivity contribution in [1.29, 1.82) is 0 Å². The first-order valence-electron chi connectivity index (χ1n) is 7.92. The minimum Gasteiger partial charge on any atom is -0.491 e. The molecule has 0 aliphatic rings. The molecule has 7 heteroatoms. The molecule has 0 radical (unpaired) electrons. The Hall–Kier alpha value is -2.57. The van der Waals surface area contributed by atoms with E-state index in [2.05, 4.69) is 10.6 Å². The van der Waals surface area contributed by atoms with E-state index in [0.717, 1.165) is 0 Å². The van der Waals surface area contributed by atoms with Gasteiger partial charge in [-0.1, -0.05) is 0 Å². The highest BCUT2D eigenvalue weighted by Gasteiger charge is 2.07. The average molecular weight is 336 g/mol. The predicted molar refractivity (Wildman–Crippen MR) is 89.0 cm³/mol. The minimum absolute atomic E-state index is 0.0214. The van der Waals surface area contributed by atoms with Crippen LogP contribution in [0.1, 0.15) is 43.5 Å². The summed E-state index contributed by atoms with van der Waals surface area (Å²) in [6.45, 7) is 4.38. The Balaban J connectivity index is 2.25. The Morgan fingerprint density at radius 1 is 1.04 bits per heavy atom. The van der Waals surface area contributed by atoms with Crippen molar-refractivity contribution in [2.75, 3.05) is 13.1 Å². The quantitative estimate of drug-likeness (QED) is 0.563. The number of carboxylic acid groups (broad SMARTS) is 1. The lowest BCUT2D eigenvalue weighted by Crippen LogP contribution is -2.31. The molecule has 0 aromatic heterocycles. The normalized spacial score (nSPS) is 10.3. The Labute approximate surface area is 141 Å². The van der Waals surface area contributed by atoms with Crippen molar-refractivity contribution in [3.8, 4) is 5.75 Å². The van der Waals surface area contributed by atoms with Crippen LogP contribution in [0.4, 0.5) is 0 Å². The zero-order chi connectivity index (χ0) is 17.9. The number of carboxylic acids is 1. The van der Waals surface area contributed by atoms with E-state index in [-0.39, 0.29) is 37.3 Å². The first-order chi connectivity index (χ1) is 11.4. The molecule has 0 atom stereocenters. The molecule has 0 bridgehead atoms. The SMILES string of the molecule is CC(C)Oc1ccc(C(=O)NCCC(=O)NCCCC(=O)O)cc1. The van der Waals surface area contributed by atoms with Gasteiger partial charge in [0.25, 0.3) is 5.91 Å². The lowest BCUT2D eigenvalue weighted by Gasteiger charge is -2.10. The number of rotatable bonds is 10. The highest BCUT2D eigenvalue weighted by molar-refractivity contribution is 5.94. The topological polar surface area (TPSA) is 105 Å². The summed E-state index contributed by atoms with van der Waals surface area (Å²) in [7, 11) is 0. The van der Waals surface area contributed by atoms with Crippen LogP contribution in [0.2, 0.25) is 0 Å². The van der Waals surface area contributed by atoms with Crippen LogP contribution in [0.25, 0.3) is 0 Å². The Morgan fingerprint density at radius 2 is 1.71 bits per heavy atom. The molecule has 3 N–H and O–H groups in total. The van der Waals surface area contributed by atoms with Crippen molar-refractivity contribution in [1.82, 2.24) is 10.6 Å². The Bertz CT molecular complexity index is 555. The predicted octanol–water partition coefficient (Wildman–Crippen LogP) is 1.57. The summed E-state index contributed by atoms with van der Waals surface area (Å²) in [5, 5.41) is 13.8. The van der Waals surface area contributed by atoms with Gasteiger partial charge in [-0.25, -0.2) is 0 Å². The fraction of sp³-hybridized carbons (Fsp3) is 0.471. The third-order valence-electron chi connectivity index (χ3n) is 3.02. The van der Waals surface area contributed by atoms with E-state index in [0.29, 0.717) is 24.3 Å². The van der Waals surface area contributed by atoms with Crippen LogP contribution in [0.15, 0.2) is 24.3 Å². The van der Waals surface area contributed by atoms with Gasteiger partial charge in [-0.15, -0.1) is 0 Å². The molecule has 0 aliphatic heterocycles. The number of nitrogens with one attached hydrogen (secondary N) is 2. The van der Waals surface area contributed by atoms with Gasteiger partial charge in [-0.2, -0.15) is 0 Å². The van der Waals surface area contributed by atoms with Crippen LogP contribution < -0.4 is 15.4 Å². The van der Waals surface area contributed by atoms with Gasteiger partial charge < -0.3 is 20.5 Å². The van der Waals surface area contributed by atoms with Crippen LogP contribution >= 0.6 is 0 Å². The van der Waals surface area contributed by atoms with Crippen molar-refractivity contribution in [3.05, 3.63) is 29.8 Å². The van der Waals surface area contributed by atoms with Gasteiger partial charge in [-0.05, 0) is 44.5 Å². The second-order valence-electron chi connectivity index (χ2n) is 5.54. The molecule has 0 saturated heterocycles. The zero-order valence-electron chi connectivity index (χ0n) is 14.0. The fourth-order valence-electron chi connectivity index (χ4n) is 1.90. The Kier molecular flexibility index (Phi) is 8.32. The fourth-order valence-corrected chi connectivity index (χ4v) is 1.90. The molecular weight excluding hydrogens is 312 g/mol. The van der Waals surface area contributed by atoms with Gasteiger partial charge in [0.15, 0.2) is 0 Å². The first kappa shape index (κ1) is 19.5. The number of aliphatic carboxylic acids is 1. The molecule has 0 spiro atoms. The standard InChI is InChI=1S/C17H24N2O5/c1-12(2)24-14-7-5-13(6-8-14)17(23)19-11-9-15(20)18-10-3-4-16(21)22/h5-8,12H,3-4,9-11H2,1-2H3,(H,18,20)(H,19,23)(H,21,22). The van der Waals surface area contributed by atoms with Crippen molar-refractivity contribution in [2.45, 2.75) is 39.2 Å². The highest BCUT2D eigenvalue weighted by Crippen LogP contribution is 2.13. The number of carbonyl (C=O) groups excluding carboxylic acids is 2. The molecule has 7 nitrogen and oxygen atoms in total. The molecule has 1 aromatic carbocycles. The van der Waals surface area contributed by atoms with Gasteiger partial charge in [0, 0.05) is 31.5 Å². The number of benzene rings is 1. The molecule has 0 aliphatic carbocycles. The minimum atomic E-state index is -0.888. The van der Waals surface area contributed by atoms with E-state index in [1.165, 1.54) is 0 Å². The first-order valence-corrected chi connectivity index (χ1v) is 7.92. The molecular formula is C17H24N2O5. The third kappa shape index (κ3) is 8.17. The van der Waals surface area contributed by atoms with E-state index < -0.39 is 5.97 Å². The van der Waals surface area contributed by atoms with E-state index in [4.69, 9.17) is 9.84 Å². The summed E-state index contributed by atoms with van der Waals surface area (Å²) in [6, 6.07) is 6.78. The third-order valence-corrected chi connectivity index (χ3v) is 3.02.